The van der Waals surface area contributed by atoms with E-state index in [1.165, 1.54) is 4.90 Å². The second-order valence-corrected chi connectivity index (χ2v) is 5.60. The van der Waals surface area contributed by atoms with E-state index in [4.69, 9.17) is 0 Å². The van der Waals surface area contributed by atoms with E-state index in [0.29, 0.717) is 19.5 Å². The van der Waals surface area contributed by atoms with Crippen molar-refractivity contribution in [2.45, 2.75) is 12.5 Å². The first kappa shape index (κ1) is 15.3. The number of urea groups is 1. The molecule has 1 atom stereocenters. The zero-order valence-corrected chi connectivity index (χ0v) is 12.6. The van der Waals surface area contributed by atoms with Crippen LogP contribution in [0, 0.1) is 0 Å². The molecule has 1 fully saturated rings. The Morgan fingerprint density at radius 1 is 1.33 bits per heavy atom. The van der Waals surface area contributed by atoms with Crippen LogP contribution >= 0.6 is 0 Å². The van der Waals surface area contributed by atoms with Crippen LogP contribution < -0.4 is 20.4 Å². The third-order valence-electron chi connectivity index (χ3n) is 3.44. The minimum Gasteiger partial charge on any atom is -0.338 e. The smallest absolute Gasteiger partial charge is 0.315 e. The maximum atomic E-state index is 12.0. The quantitative estimate of drug-likeness (QED) is 0.667. The number of nitrogens with one attached hydrogen (secondary N) is 3. The van der Waals surface area contributed by atoms with Crippen molar-refractivity contribution in [3.63, 3.8) is 0 Å². The van der Waals surface area contributed by atoms with Crippen LogP contribution in [-0.2, 0) is 4.79 Å². The third kappa shape index (κ3) is 4.46. The van der Waals surface area contributed by atoms with Crippen molar-refractivity contribution in [2.75, 3.05) is 38.6 Å². The first-order valence-corrected chi connectivity index (χ1v) is 7.25. The molecule has 2 rings (SSSR count). The maximum Gasteiger partial charge on any atom is 0.315 e. The molecule has 6 heteroatoms. The number of para-hydroxylation sites is 1. The van der Waals surface area contributed by atoms with Gasteiger partial charge in [-0.25, -0.2) is 4.79 Å². The van der Waals surface area contributed by atoms with Gasteiger partial charge in [0.05, 0.1) is 33.2 Å². The summed E-state index contributed by atoms with van der Waals surface area (Å²) >= 11 is 0. The summed E-state index contributed by atoms with van der Waals surface area (Å²) in [4.78, 5) is 26.8. The Morgan fingerprint density at radius 2 is 2.05 bits per heavy atom. The molecule has 0 aromatic heterocycles. The van der Waals surface area contributed by atoms with Gasteiger partial charge in [0.25, 0.3) is 0 Å². The normalized spacial score (nSPS) is 18.1. The fourth-order valence-corrected chi connectivity index (χ4v) is 2.32. The second-order valence-electron chi connectivity index (χ2n) is 5.60. The number of hydrogen-bond donors (Lipinski definition) is 3. The third-order valence-corrected chi connectivity index (χ3v) is 3.44. The van der Waals surface area contributed by atoms with E-state index in [9.17, 15) is 9.59 Å². The van der Waals surface area contributed by atoms with Gasteiger partial charge in [-0.3, -0.25) is 4.79 Å². The molecular formula is C15H23N4O2+. The van der Waals surface area contributed by atoms with E-state index in [1.807, 2.05) is 44.4 Å². The number of amides is 3. The molecule has 0 bridgehead atoms. The molecule has 1 saturated heterocycles. The second kappa shape index (κ2) is 7.08. The van der Waals surface area contributed by atoms with Gasteiger partial charge in [-0.2, -0.15) is 0 Å². The highest BCUT2D eigenvalue weighted by Crippen LogP contribution is 2.20. The lowest BCUT2D eigenvalue weighted by Crippen LogP contribution is -3.06. The number of nitrogens with zero attached hydrogens (tertiary/aromatic N) is 1. The van der Waals surface area contributed by atoms with Crippen LogP contribution in [0.2, 0.25) is 0 Å². The Bertz CT molecular complexity index is 490. The molecule has 1 heterocycles. The molecule has 0 radical (unpaired) electrons. The van der Waals surface area contributed by atoms with E-state index in [2.05, 4.69) is 10.6 Å². The molecule has 1 aliphatic heterocycles. The summed E-state index contributed by atoms with van der Waals surface area (Å²) in [6, 6.07) is 9.19. The lowest BCUT2D eigenvalue weighted by molar-refractivity contribution is -0.856. The highest BCUT2D eigenvalue weighted by atomic mass is 16.2. The van der Waals surface area contributed by atoms with Crippen LogP contribution in [0.15, 0.2) is 30.3 Å². The number of hydrogen-bond acceptors (Lipinski definition) is 2. The van der Waals surface area contributed by atoms with Crippen molar-refractivity contribution >= 4 is 17.6 Å². The zero-order valence-electron chi connectivity index (χ0n) is 12.6. The zero-order chi connectivity index (χ0) is 15.2. The van der Waals surface area contributed by atoms with Gasteiger partial charge in [-0.15, -0.1) is 0 Å². The topological polar surface area (TPSA) is 65.9 Å². The van der Waals surface area contributed by atoms with Gasteiger partial charge in [-0.1, -0.05) is 18.2 Å². The van der Waals surface area contributed by atoms with Crippen molar-refractivity contribution in [2.24, 2.45) is 0 Å². The van der Waals surface area contributed by atoms with E-state index in [-0.39, 0.29) is 18.0 Å². The number of anilines is 1. The summed E-state index contributed by atoms with van der Waals surface area (Å²) in [5, 5.41) is 5.67. The average Bonchev–Trinajstić information content (AvgIpc) is 2.80. The fourth-order valence-electron chi connectivity index (χ4n) is 2.32. The van der Waals surface area contributed by atoms with E-state index < -0.39 is 0 Å². The number of benzene rings is 1. The molecule has 1 aromatic rings. The molecule has 0 spiro atoms. The van der Waals surface area contributed by atoms with Crippen molar-refractivity contribution < 1.29 is 14.5 Å². The van der Waals surface area contributed by atoms with E-state index >= 15 is 0 Å². The Kier molecular flexibility index (Phi) is 5.16. The van der Waals surface area contributed by atoms with Crippen molar-refractivity contribution in [3.05, 3.63) is 30.3 Å². The minimum atomic E-state index is -0.205. The Hall–Kier alpha value is -2.08. The van der Waals surface area contributed by atoms with Crippen LogP contribution in [0.1, 0.15) is 6.42 Å². The van der Waals surface area contributed by atoms with Crippen LogP contribution in [0.25, 0.3) is 0 Å². The van der Waals surface area contributed by atoms with E-state index in [1.54, 1.807) is 4.90 Å². The van der Waals surface area contributed by atoms with Gasteiger partial charge in [-0.05, 0) is 12.1 Å². The number of carbonyl (C=O) groups excluding carboxylic acids is 2. The highest BCUT2D eigenvalue weighted by Gasteiger charge is 2.31. The van der Waals surface area contributed by atoms with Crippen molar-refractivity contribution in [1.29, 1.82) is 0 Å². The van der Waals surface area contributed by atoms with Gasteiger partial charge in [0.2, 0.25) is 5.91 Å². The summed E-state index contributed by atoms with van der Waals surface area (Å²) < 4.78 is 0. The molecule has 114 valence electrons. The monoisotopic (exact) mass is 291 g/mol. The van der Waals surface area contributed by atoms with Gasteiger partial charge in [0, 0.05) is 18.7 Å². The molecule has 0 saturated carbocycles. The SMILES string of the molecule is C[NH+](C)CCNC(=O)N[C@H]1CC(=O)N(c2ccccc2)C1. The standard InChI is InChI=1S/C15H22N4O2/c1-18(2)9-8-16-15(21)17-12-10-14(20)19(11-12)13-6-4-3-5-7-13/h3-7,12H,8-11H2,1-2H3,(H2,16,17,21)/p+1/t12-/m0/s1. The molecular weight excluding hydrogens is 268 g/mol. The van der Waals surface area contributed by atoms with Gasteiger partial charge in [0.1, 0.15) is 0 Å². The largest absolute Gasteiger partial charge is 0.338 e. The number of quaternary nitrogens is 1. The lowest BCUT2D eigenvalue weighted by Gasteiger charge is -2.17. The molecule has 0 unspecified atom stereocenters. The summed E-state index contributed by atoms with van der Waals surface area (Å²) in [5.74, 6) is 0.0456. The van der Waals surface area contributed by atoms with E-state index in [0.717, 1.165) is 12.2 Å². The summed E-state index contributed by atoms with van der Waals surface area (Å²) in [6.45, 7) is 2.01. The number of rotatable bonds is 5. The molecule has 3 N–H and O–H groups in total. The van der Waals surface area contributed by atoms with Gasteiger partial charge < -0.3 is 20.4 Å². The molecule has 1 aliphatic rings. The number of likely N-dealkylation sites (N-methyl/N-ethyl adjacent to an activating group) is 1. The minimum absolute atomic E-state index is 0.0456. The maximum absolute atomic E-state index is 12.0. The predicted molar refractivity (Wildman–Crippen MR) is 81.4 cm³/mol. The lowest BCUT2D eigenvalue weighted by atomic mass is 10.2. The first-order chi connectivity index (χ1) is 10.1. The predicted octanol–water partition coefficient (Wildman–Crippen LogP) is -0.764. The molecule has 1 aromatic carbocycles. The van der Waals surface area contributed by atoms with Crippen LogP contribution in [-0.4, -0.2) is 51.7 Å². The van der Waals surface area contributed by atoms with Crippen LogP contribution in [0.3, 0.4) is 0 Å². The van der Waals surface area contributed by atoms with Gasteiger partial charge in [0.15, 0.2) is 0 Å². The van der Waals surface area contributed by atoms with Crippen molar-refractivity contribution in [1.82, 2.24) is 10.6 Å². The molecule has 6 nitrogen and oxygen atoms in total. The molecule has 0 aliphatic carbocycles. The summed E-state index contributed by atoms with van der Waals surface area (Å²) in [7, 11) is 4.07. The first-order valence-electron chi connectivity index (χ1n) is 7.25. The molecule has 21 heavy (non-hydrogen) atoms. The van der Waals surface area contributed by atoms with Gasteiger partial charge >= 0.3 is 6.03 Å². The summed E-state index contributed by atoms with van der Waals surface area (Å²) in [6.07, 6.45) is 0.348. The van der Waals surface area contributed by atoms with Crippen LogP contribution in [0.4, 0.5) is 10.5 Å². The summed E-state index contributed by atoms with van der Waals surface area (Å²) in [5.41, 5.74) is 0.878. The Balaban J connectivity index is 1.81. The average molecular weight is 291 g/mol. The number of carbonyl (C=O) groups is 2. The highest BCUT2D eigenvalue weighted by molar-refractivity contribution is 5.96. The molecule has 3 amide bonds. The van der Waals surface area contributed by atoms with Crippen LogP contribution in [0.5, 0.6) is 0 Å². The Morgan fingerprint density at radius 3 is 2.71 bits per heavy atom. The van der Waals surface area contributed by atoms with Crippen molar-refractivity contribution in [3.8, 4) is 0 Å². The fraction of sp³-hybridized carbons (Fsp3) is 0.467. The Labute approximate surface area is 125 Å².